The van der Waals surface area contributed by atoms with Gasteiger partial charge in [0.05, 0.1) is 13.5 Å². The molecule has 1 aromatic rings. The molecular formula is C10H12BrNO2. The average Bonchev–Trinajstić information content (AvgIpc) is 2.17. The third-order valence-electron chi connectivity index (χ3n) is 2.02. The van der Waals surface area contributed by atoms with Gasteiger partial charge < -0.3 is 4.74 Å². The topological polar surface area (TPSA) is 39.2 Å². The molecule has 0 saturated heterocycles. The van der Waals surface area contributed by atoms with Crippen LogP contribution in [-0.4, -0.2) is 18.1 Å². The monoisotopic (exact) mass is 257 g/mol. The number of hydrogen-bond donors (Lipinski definition) is 0. The highest BCUT2D eigenvalue weighted by atomic mass is 79.9. The van der Waals surface area contributed by atoms with Gasteiger partial charge in [0.15, 0.2) is 0 Å². The predicted molar refractivity (Wildman–Crippen MR) is 57.0 cm³/mol. The number of hydrogen-bond acceptors (Lipinski definition) is 3. The van der Waals surface area contributed by atoms with Gasteiger partial charge in [-0.05, 0) is 39.5 Å². The largest absolute Gasteiger partial charge is 0.469 e. The van der Waals surface area contributed by atoms with E-state index in [4.69, 9.17) is 0 Å². The lowest BCUT2D eigenvalue weighted by atomic mass is 9.99. The van der Waals surface area contributed by atoms with Gasteiger partial charge in [-0.3, -0.25) is 4.79 Å². The van der Waals surface area contributed by atoms with Crippen molar-refractivity contribution in [2.24, 2.45) is 0 Å². The van der Waals surface area contributed by atoms with Crippen LogP contribution in [0.1, 0.15) is 24.8 Å². The van der Waals surface area contributed by atoms with Crippen molar-refractivity contribution in [2.45, 2.75) is 19.3 Å². The summed E-state index contributed by atoms with van der Waals surface area (Å²) in [7, 11) is 1.40. The number of methoxy groups -OCH3 is 1. The zero-order chi connectivity index (χ0) is 10.6. The van der Waals surface area contributed by atoms with Crippen molar-refractivity contribution in [3.05, 3.63) is 28.5 Å². The van der Waals surface area contributed by atoms with Crippen LogP contribution in [0.2, 0.25) is 0 Å². The molecule has 3 nitrogen and oxygen atoms in total. The molecule has 0 unspecified atom stereocenters. The minimum absolute atomic E-state index is 0.154. The molecule has 0 N–H and O–H groups in total. The van der Waals surface area contributed by atoms with Crippen molar-refractivity contribution in [3.8, 4) is 0 Å². The highest BCUT2D eigenvalue weighted by molar-refractivity contribution is 9.10. The average molecular weight is 258 g/mol. The Bertz CT molecular complexity index is 328. The molecule has 0 aliphatic rings. The van der Waals surface area contributed by atoms with E-state index in [-0.39, 0.29) is 11.9 Å². The molecule has 0 radical (unpaired) electrons. The summed E-state index contributed by atoms with van der Waals surface area (Å²) in [6.45, 7) is 1.98. The fraction of sp³-hybridized carbons (Fsp3) is 0.400. The number of ether oxygens (including phenoxy) is 1. The van der Waals surface area contributed by atoms with E-state index in [1.54, 1.807) is 6.20 Å². The molecule has 76 valence electrons. The second-order valence-electron chi connectivity index (χ2n) is 3.09. The molecule has 0 aliphatic carbocycles. The van der Waals surface area contributed by atoms with Gasteiger partial charge in [-0.15, -0.1) is 0 Å². The summed E-state index contributed by atoms with van der Waals surface area (Å²) in [5, 5.41) is 0. The summed E-state index contributed by atoms with van der Waals surface area (Å²) in [6, 6.07) is 3.81. The molecule has 1 atom stereocenters. The summed E-state index contributed by atoms with van der Waals surface area (Å²) in [4.78, 5) is 15.1. The Kier molecular flexibility index (Phi) is 4.07. The first-order valence-corrected chi connectivity index (χ1v) is 5.11. The van der Waals surface area contributed by atoms with Gasteiger partial charge in [-0.2, -0.15) is 0 Å². The van der Waals surface area contributed by atoms with Crippen LogP contribution in [0.4, 0.5) is 0 Å². The van der Waals surface area contributed by atoms with Gasteiger partial charge in [0.2, 0.25) is 0 Å². The molecule has 1 aromatic heterocycles. The Morgan fingerprint density at radius 2 is 2.43 bits per heavy atom. The van der Waals surface area contributed by atoms with E-state index < -0.39 is 0 Å². The lowest BCUT2D eigenvalue weighted by Gasteiger charge is -2.09. The number of nitrogens with zero attached hydrogens (tertiary/aromatic N) is 1. The molecule has 14 heavy (non-hydrogen) atoms. The zero-order valence-corrected chi connectivity index (χ0v) is 9.74. The Balaban J connectivity index is 2.69. The third kappa shape index (κ3) is 3.10. The van der Waals surface area contributed by atoms with Crippen LogP contribution in [0.25, 0.3) is 0 Å². The van der Waals surface area contributed by atoms with Crippen molar-refractivity contribution >= 4 is 21.9 Å². The molecule has 0 aromatic carbocycles. The van der Waals surface area contributed by atoms with E-state index in [0.717, 1.165) is 10.2 Å². The lowest BCUT2D eigenvalue weighted by Crippen LogP contribution is -2.06. The summed E-state index contributed by atoms with van der Waals surface area (Å²) in [5.41, 5.74) is 1.08. The molecule has 1 rings (SSSR count). The van der Waals surface area contributed by atoms with Crippen molar-refractivity contribution in [3.63, 3.8) is 0 Å². The number of carbonyl (C=O) groups is 1. The highest BCUT2D eigenvalue weighted by Gasteiger charge is 2.11. The molecule has 0 bridgehead atoms. The molecule has 0 spiro atoms. The molecule has 0 aliphatic heterocycles. The van der Waals surface area contributed by atoms with Crippen LogP contribution in [0.3, 0.4) is 0 Å². The van der Waals surface area contributed by atoms with Crippen LogP contribution in [0.5, 0.6) is 0 Å². The van der Waals surface area contributed by atoms with E-state index in [2.05, 4.69) is 25.7 Å². The molecule has 1 heterocycles. The van der Waals surface area contributed by atoms with Gasteiger partial charge in [0.1, 0.15) is 4.60 Å². The van der Waals surface area contributed by atoms with E-state index in [9.17, 15) is 4.79 Å². The van der Waals surface area contributed by atoms with Crippen LogP contribution in [0, 0.1) is 0 Å². The molecule has 0 saturated carbocycles. The summed E-state index contributed by atoms with van der Waals surface area (Å²) in [6.07, 6.45) is 2.11. The number of aromatic nitrogens is 1. The van der Waals surface area contributed by atoms with Crippen LogP contribution < -0.4 is 0 Å². The molecular weight excluding hydrogens is 246 g/mol. The number of rotatable bonds is 3. The van der Waals surface area contributed by atoms with E-state index >= 15 is 0 Å². The van der Waals surface area contributed by atoms with Crippen molar-refractivity contribution in [1.29, 1.82) is 0 Å². The Hall–Kier alpha value is -0.900. The van der Waals surface area contributed by atoms with E-state index in [1.807, 2.05) is 19.1 Å². The number of esters is 1. The highest BCUT2D eigenvalue weighted by Crippen LogP contribution is 2.21. The molecule has 0 fully saturated rings. The summed E-state index contributed by atoms with van der Waals surface area (Å²) in [5.74, 6) is -0.0350. The fourth-order valence-electron chi connectivity index (χ4n) is 1.18. The lowest BCUT2D eigenvalue weighted by molar-refractivity contribution is -0.140. The second kappa shape index (κ2) is 5.10. The molecule has 0 amide bonds. The van der Waals surface area contributed by atoms with Gasteiger partial charge in [-0.25, -0.2) is 4.98 Å². The standard InChI is InChI=1S/C10H12BrNO2/c1-7(5-10(13)14-2)8-3-4-12-9(11)6-8/h3-4,6-7H,5H2,1-2H3/t7-/m0/s1. The van der Waals surface area contributed by atoms with Crippen LogP contribution in [-0.2, 0) is 9.53 Å². The normalized spacial score (nSPS) is 12.2. The Morgan fingerprint density at radius 1 is 1.71 bits per heavy atom. The van der Waals surface area contributed by atoms with Gasteiger partial charge >= 0.3 is 5.97 Å². The quantitative estimate of drug-likeness (QED) is 0.617. The minimum Gasteiger partial charge on any atom is -0.469 e. The second-order valence-corrected chi connectivity index (χ2v) is 3.91. The van der Waals surface area contributed by atoms with E-state index in [0.29, 0.717) is 6.42 Å². The minimum atomic E-state index is -0.189. The van der Waals surface area contributed by atoms with Crippen molar-refractivity contribution in [2.75, 3.05) is 7.11 Å². The molecule has 4 heteroatoms. The predicted octanol–water partition coefficient (Wildman–Crippen LogP) is 2.51. The maximum absolute atomic E-state index is 11.0. The van der Waals surface area contributed by atoms with Gasteiger partial charge in [-0.1, -0.05) is 6.92 Å². The van der Waals surface area contributed by atoms with Crippen LogP contribution in [0.15, 0.2) is 22.9 Å². The van der Waals surface area contributed by atoms with Gasteiger partial charge in [0, 0.05) is 6.20 Å². The number of halogens is 1. The number of carbonyl (C=O) groups excluding carboxylic acids is 1. The van der Waals surface area contributed by atoms with Crippen LogP contribution >= 0.6 is 15.9 Å². The zero-order valence-electron chi connectivity index (χ0n) is 8.16. The SMILES string of the molecule is COC(=O)C[C@H](C)c1ccnc(Br)c1. The first-order valence-electron chi connectivity index (χ1n) is 4.31. The maximum atomic E-state index is 11.0. The fourth-order valence-corrected chi connectivity index (χ4v) is 1.56. The Morgan fingerprint density at radius 3 is 3.00 bits per heavy atom. The number of pyridine rings is 1. The van der Waals surface area contributed by atoms with Crippen molar-refractivity contribution in [1.82, 2.24) is 4.98 Å². The maximum Gasteiger partial charge on any atom is 0.306 e. The van der Waals surface area contributed by atoms with E-state index in [1.165, 1.54) is 7.11 Å². The Labute approximate surface area is 91.6 Å². The summed E-state index contributed by atoms with van der Waals surface area (Å²) >= 11 is 3.29. The first-order chi connectivity index (χ1) is 6.63. The third-order valence-corrected chi connectivity index (χ3v) is 2.45. The first kappa shape index (κ1) is 11.2. The van der Waals surface area contributed by atoms with Crippen molar-refractivity contribution < 1.29 is 9.53 Å². The summed E-state index contributed by atoms with van der Waals surface area (Å²) < 4.78 is 5.39. The van der Waals surface area contributed by atoms with Gasteiger partial charge in [0.25, 0.3) is 0 Å². The smallest absolute Gasteiger partial charge is 0.306 e.